The van der Waals surface area contributed by atoms with Crippen molar-refractivity contribution in [2.45, 2.75) is 42.7 Å². The first-order valence-electron chi connectivity index (χ1n) is 6.14. The fourth-order valence-corrected chi connectivity index (χ4v) is 3.50. The van der Waals surface area contributed by atoms with Gasteiger partial charge in [0.1, 0.15) is 0 Å². The van der Waals surface area contributed by atoms with Crippen molar-refractivity contribution in [3.8, 4) is 0 Å². The van der Waals surface area contributed by atoms with Gasteiger partial charge in [0.15, 0.2) is 17.5 Å². The number of hydrogen-bond acceptors (Lipinski definition) is 3. The smallest absolute Gasteiger partial charge is 0.241 e. The first kappa shape index (κ1) is 15.3. The third kappa shape index (κ3) is 3.31. The summed E-state index contributed by atoms with van der Waals surface area (Å²) >= 11 is 0. The molecule has 0 amide bonds. The minimum Gasteiger partial charge on any atom is -0.393 e. The molecule has 0 bridgehead atoms. The maximum absolute atomic E-state index is 13.1. The van der Waals surface area contributed by atoms with Crippen LogP contribution in [0.25, 0.3) is 0 Å². The van der Waals surface area contributed by atoms with Gasteiger partial charge in [-0.2, -0.15) is 0 Å². The Hall–Kier alpha value is -1.12. The number of aliphatic hydroxyl groups excluding tert-OH is 1. The number of sulfonamides is 1. The highest BCUT2D eigenvalue weighted by atomic mass is 32.2. The van der Waals surface area contributed by atoms with Crippen LogP contribution < -0.4 is 4.72 Å². The van der Waals surface area contributed by atoms with Gasteiger partial charge >= 0.3 is 0 Å². The number of benzene rings is 1. The van der Waals surface area contributed by atoms with Crippen LogP contribution in [0.15, 0.2) is 17.0 Å². The van der Waals surface area contributed by atoms with Crippen molar-refractivity contribution >= 4 is 10.0 Å². The Bertz CT molecular complexity index is 575. The molecule has 0 radical (unpaired) electrons. The Labute approximate surface area is 114 Å². The minimum absolute atomic E-state index is 0.403. The number of rotatable bonds is 3. The highest BCUT2D eigenvalue weighted by molar-refractivity contribution is 7.89. The lowest BCUT2D eigenvalue weighted by molar-refractivity contribution is 0.120. The van der Waals surface area contributed by atoms with Gasteiger partial charge in [-0.15, -0.1) is 0 Å². The topological polar surface area (TPSA) is 66.4 Å². The second-order valence-electron chi connectivity index (χ2n) is 4.83. The van der Waals surface area contributed by atoms with Gasteiger partial charge in [-0.05, 0) is 37.8 Å². The predicted octanol–water partition coefficient (Wildman–Crippen LogP) is 1.69. The van der Waals surface area contributed by atoms with Gasteiger partial charge in [-0.3, -0.25) is 0 Å². The molecule has 2 N–H and O–H groups in total. The summed E-state index contributed by atoms with van der Waals surface area (Å²) < 4.78 is 65.2. The molecule has 1 aliphatic carbocycles. The molecule has 0 aromatic heterocycles. The highest BCUT2D eigenvalue weighted by Crippen LogP contribution is 2.22. The van der Waals surface area contributed by atoms with Crippen molar-refractivity contribution in [2.24, 2.45) is 0 Å². The first-order valence-corrected chi connectivity index (χ1v) is 7.63. The summed E-state index contributed by atoms with van der Waals surface area (Å²) in [6, 6.07) is 0.483. The third-order valence-corrected chi connectivity index (χ3v) is 4.79. The summed E-state index contributed by atoms with van der Waals surface area (Å²) in [5.41, 5.74) is 0. The molecule has 0 unspecified atom stereocenters. The molecule has 0 saturated heterocycles. The molecule has 1 aliphatic rings. The molecular weight excluding hydrogens is 295 g/mol. The van der Waals surface area contributed by atoms with Crippen LogP contribution in [0.5, 0.6) is 0 Å². The third-order valence-electron chi connectivity index (χ3n) is 3.29. The summed E-state index contributed by atoms with van der Waals surface area (Å²) in [4.78, 5) is -0.653. The Morgan fingerprint density at radius 1 is 1.05 bits per heavy atom. The Balaban J connectivity index is 2.18. The number of nitrogens with one attached hydrogen (secondary N) is 1. The molecule has 0 atom stereocenters. The zero-order valence-electron chi connectivity index (χ0n) is 10.4. The van der Waals surface area contributed by atoms with Gasteiger partial charge in [0.2, 0.25) is 10.0 Å². The average Bonchev–Trinajstić information content (AvgIpc) is 2.38. The molecular formula is C12H14F3NO3S. The Morgan fingerprint density at radius 2 is 1.55 bits per heavy atom. The lowest BCUT2D eigenvalue weighted by Gasteiger charge is -2.25. The van der Waals surface area contributed by atoms with Crippen LogP contribution in [0.4, 0.5) is 13.2 Å². The molecule has 0 aliphatic heterocycles. The predicted molar refractivity (Wildman–Crippen MR) is 64.9 cm³/mol. The summed E-state index contributed by atoms with van der Waals surface area (Å²) in [6.07, 6.45) is 1.34. The zero-order chi connectivity index (χ0) is 14.9. The normalized spacial score (nSPS) is 23.8. The quantitative estimate of drug-likeness (QED) is 0.835. The maximum atomic E-state index is 13.1. The lowest BCUT2D eigenvalue weighted by Crippen LogP contribution is -2.38. The van der Waals surface area contributed by atoms with Crippen molar-refractivity contribution in [2.75, 3.05) is 0 Å². The zero-order valence-corrected chi connectivity index (χ0v) is 11.3. The highest BCUT2D eigenvalue weighted by Gasteiger charge is 2.26. The fraction of sp³-hybridized carbons (Fsp3) is 0.500. The second-order valence-corrected chi connectivity index (χ2v) is 6.54. The van der Waals surface area contributed by atoms with Crippen LogP contribution >= 0.6 is 0 Å². The van der Waals surface area contributed by atoms with E-state index in [2.05, 4.69) is 4.72 Å². The van der Waals surface area contributed by atoms with E-state index in [0.29, 0.717) is 37.8 Å². The summed E-state index contributed by atoms with van der Waals surface area (Å²) in [6.45, 7) is 0. The largest absolute Gasteiger partial charge is 0.393 e. The van der Waals surface area contributed by atoms with E-state index < -0.39 is 44.5 Å². The van der Waals surface area contributed by atoms with Gasteiger partial charge in [0.25, 0.3) is 0 Å². The molecule has 1 fully saturated rings. The van der Waals surface area contributed by atoms with Gasteiger partial charge < -0.3 is 5.11 Å². The lowest BCUT2D eigenvalue weighted by atomic mass is 9.94. The van der Waals surface area contributed by atoms with E-state index in [-0.39, 0.29) is 0 Å². The molecule has 1 aromatic carbocycles. The number of halogens is 3. The molecule has 2 rings (SSSR count). The molecule has 112 valence electrons. The fourth-order valence-electron chi connectivity index (χ4n) is 2.17. The van der Waals surface area contributed by atoms with Gasteiger partial charge in [0.05, 0.1) is 11.0 Å². The van der Waals surface area contributed by atoms with E-state index in [9.17, 15) is 26.7 Å². The molecule has 4 nitrogen and oxygen atoms in total. The van der Waals surface area contributed by atoms with Crippen molar-refractivity contribution < 1.29 is 26.7 Å². The molecule has 1 saturated carbocycles. The monoisotopic (exact) mass is 309 g/mol. The average molecular weight is 309 g/mol. The molecule has 20 heavy (non-hydrogen) atoms. The van der Waals surface area contributed by atoms with Crippen LogP contribution in [-0.2, 0) is 10.0 Å². The van der Waals surface area contributed by atoms with E-state index in [0.717, 1.165) is 0 Å². The van der Waals surface area contributed by atoms with E-state index in [1.165, 1.54) is 0 Å². The summed E-state index contributed by atoms with van der Waals surface area (Å²) in [5, 5.41) is 9.33. The molecule has 0 heterocycles. The van der Waals surface area contributed by atoms with Crippen LogP contribution in [0, 0.1) is 17.5 Å². The maximum Gasteiger partial charge on any atom is 0.241 e. The van der Waals surface area contributed by atoms with Gasteiger partial charge in [-0.25, -0.2) is 26.3 Å². The van der Waals surface area contributed by atoms with Crippen LogP contribution in [0.2, 0.25) is 0 Å². The van der Waals surface area contributed by atoms with Crippen molar-refractivity contribution in [3.63, 3.8) is 0 Å². The van der Waals surface area contributed by atoms with Gasteiger partial charge in [0, 0.05) is 6.04 Å². The van der Waals surface area contributed by atoms with Crippen molar-refractivity contribution in [3.05, 3.63) is 29.6 Å². The molecule has 8 heteroatoms. The standard InChI is InChI=1S/C12H14F3NO3S/c13-10-5-9(6-11(14)12(10)15)20(18,19)16-7-1-3-8(17)4-2-7/h5-8,16-17H,1-4H2. The van der Waals surface area contributed by atoms with Crippen LogP contribution in [-0.4, -0.2) is 25.7 Å². The first-order chi connectivity index (χ1) is 9.29. The Morgan fingerprint density at radius 3 is 2.05 bits per heavy atom. The van der Waals surface area contributed by atoms with E-state index in [1.807, 2.05) is 0 Å². The molecule has 1 aromatic rings. The SMILES string of the molecule is O=S(=O)(NC1CCC(O)CC1)c1cc(F)c(F)c(F)c1. The van der Waals surface area contributed by atoms with Crippen molar-refractivity contribution in [1.29, 1.82) is 0 Å². The van der Waals surface area contributed by atoms with Crippen LogP contribution in [0.1, 0.15) is 25.7 Å². The van der Waals surface area contributed by atoms with E-state index >= 15 is 0 Å². The van der Waals surface area contributed by atoms with Crippen LogP contribution in [0.3, 0.4) is 0 Å². The summed E-state index contributed by atoms with van der Waals surface area (Å²) in [5.74, 6) is -4.81. The van der Waals surface area contributed by atoms with Crippen molar-refractivity contribution in [1.82, 2.24) is 4.72 Å². The molecule has 0 spiro atoms. The van der Waals surface area contributed by atoms with Gasteiger partial charge in [-0.1, -0.05) is 0 Å². The van der Waals surface area contributed by atoms with E-state index in [4.69, 9.17) is 0 Å². The number of aliphatic hydroxyl groups is 1. The van der Waals surface area contributed by atoms with E-state index in [1.54, 1.807) is 0 Å². The number of hydrogen-bond donors (Lipinski definition) is 2. The second kappa shape index (κ2) is 5.71. The Kier molecular flexibility index (Phi) is 4.36. The minimum atomic E-state index is -4.12. The summed E-state index contributed by atoms with van der Waals surface area (Å²) in [7, 11) is -4.12.